The molecule has 1 fully saturated rings. The third-order valence-corrected chi connectivity index (χ3v) is 5.11. The van der Waals surface area contributed by atoms with Crippen LogP contribution in [0.1, 0.15) is 51.3 Å². The van der Waals surface area contributed by atoms with Crippen LogP contribution < -0.4 is 5.32 Å². The number of hydrogen-bond donors (Lipinski definition) is 2. The zero-order valence-corrected chi connectivity index (χ0v) is 14.7. The molecule has 1 aromatic rings. The lowest BCUT2D eigenvalue weighted by molar-refractivity contribution is -0.126. The van der Waals surface area contributed by atoms with Gasteiger partial charge < -0.3 is 10.4 Å². The van der Waals surface area contributed by atoms with Crippen molar-refractivity contribution in [3.05, 3.63) is 35.4 Å². The molecule has 4 unspecified atom stereocenters. The van der Waals surface area contributed by atoms with Crippen LogP contribution >= 0.6 is 0 Å². The minimum atomic E-state index is -0.300. The van der Waals surface area contributed by atoms with Crippen molar-refractivity contribution in [1.82, 2.24) is 10.2 Å². The van der Waals surface area contributed by atoms with Gasteiger partial charge in [-0.15, -0.1) is 0 Å². The molecule has 1 aliphatic rings. The van der Waals surface area contributed by atoms with Crippen molar-refractivity contribution in [2.75, 3.05) is 13.1 Å². The quantitative estimate of drug-likeness (QED) is 0.847. The molecular formula is C19H30N2O2. The van der Waals surface area contributed by atoms with Crippen molar-refractivity contribution in [2.24, 2.45) is 5.92 Å². The van der Waals surface area contributed by atoms with Gasteiger partial charge in [-0.25, -0.2) is 0 Å². The normalized spacial score (nSPS) is 22.6. The highest BCUT2D eigenvalue weighted by Crippen LogP contribution is 2.22. The van der Waals surface area contributed by atoms with Crippen LogP contribution in [-0.4, -0.2) is 41.1 Å². The number of amides is 1. The summed E-state index contributed by atoms with van der Waals surface area (Å²) < 4.78 is 0. The van der Waals surface area contributed by atoms with E-state index in [0.717, 1.165) is 31.5 Å². The number of aliphatic hydroxyl groups excluding tert-OH is 1. The molecule has 4 heteroatoms. The van der Waals surface area contributed by atoms with Crippen LogP contribution in [0.2, 0.25) is 0 Å². The molecule has 1 saturated heterocycles. The first-order valence-corrected chi connectivity index (χ1v) is 8.73. The predicted octanol–water partition coefficient (Wildman–Crippen LogP) is 2.52. The van der Waals surface area contributed by atoms with Crippen molar-refractivity contribution in [1.29, 1.82) is 0 Å². The lowest BCUT2D eigenvalue weighted by atomic mass is 10.0. The second-order valence-electron chi connectivity index (χ2n) is 6.79. The summed E-state index contributed by atoms with van der Waals surface area (Å²) in [5.41, 5.74) is 2.44. The molecule has 4 nitrogen and oxygen atoms in total. The van der Waals surface area contributed by atoms with E-state index in [9.17, 15) is 9.90 Å². The van der Waals surface area contributed by atoms with Crippen molar-refractivity contribution in [2.45, 2.75) is 58.7 Å². The van der Waals surface area contributed by atoms with Crippen LogP contribution in [0.4, 0.5) is 0 Å². The van der Waals surface area contributed by atoms with E-state index in [2.05, 4.69) is 41.4 Å². The number of carbonyl (C=O) groups is 1. The molecule has 2 N–H and O–H groups in total. The highest BCUT2D eigenvalue weighted by atomic mass is 16.3. The summed E-state index contributed by atoms with van der Waals surface area (Å²) in [6, 6.07) is 8.27. The average molecular weight is 318 g/mol. The van der Waals surface area contributed by atoms with Gasteiger partial charge in [-0.05, 0) is 57.2 Å². The third-order valence-electron chi connectivity index (χ3n) is 5.11. The Bertz CT molecular complexity index is 513. The summed E-state index contributed by atoms with van der Waals surface area (Å²) in [7, 11) is 0. The Morgan fingerprint density at radius 1 is 1.30 bits per heavy atom. The predicted molar refractivity (Wildman–Crippen MR) is 93.2 cm³/mol. The second kappa shape index (κ2) is 7.93. The van der Waals surface area contributed by atoms with E-state index in [-0.39, 0.29) is 30.0 Å². The molecule has 0 bridgehead atoms. The number of carbonyl (C=O) groups excluding carboxylic acids is 1. The van der Waals surface area contributed by atoms with Crippen LogP contribution in [0, 0.1) is 5.92 Å². The first-order chi connectivity index (χ1) is 10.9. The number of rotatable bonds is 6. The van der Waals surface area contributed by atoms with E-state index in [0.29, 0.717) is 0 Å². The summed E-state index contributed by atoms with van der Waals surface area (Å²) in [5, 5.41) is 12.8. The maximum absolute atomic E-state index is 12.5. The molecule has 0 saturated carbocycles. The smallest absolute Gasteiger partial charge is 0.237 e. The molecule has 0 spiro atoms. The van der Waals surface area contributed by atoms with E-state index in [4.69, 9.17) is 0 Å². The van der Waals surface area contributed by atoms with E-state index in [1.807, 2.05) is 20.8 Å². The standard InChI is InChI=1S/C19H30N2O2/c1-5-16-6-8-17(9-7-16)13(2)20-19(23)14(3)21-11-10-18(12-21)15(4)22/h6-9,13-15,18,22H,5,10-12H2,1-4H3,(H,20,23). The van der Waals surface area contributed by atoms with E-state index < -0.39 is 0 Å². The van der Waals surface area contributed by atoms with E-state index in [1.165, 1.54) is 5.56 Å². The highest BCUT2D eigenvalue weighted by molar-refractivity contribution is 5.81. The van der Waals surface area contributed by atoms with Gasteiger partial charge in [0.25, 0.3) is 0 Å². The first kappa shape index (κ1) is 18.0. The van der Waals surface area contributed by atoms with Gasteiger partial charge >= 0.3 is 0 Å². The van der Waals surface area contributed by atoms with Gasteiger partial charge in [0, 0.05) is 6.54 Å². The molecule has 1 aromatic carbocycles. The van der Waals surface area contributed by atoms with Crippen LogP contribution in [0.5, 0.6) is 0 Å². The van der Waals surface area contributed by atoms with E-state index in [1.54, 1.807) is 0 Å². The minimum absolute atomic E-state index is 0.00558. The lowest BCUT2D eigenvalue weighted by Crippen LogP contribution is -2.45. The summed E-state index contributed by atoms with van der Waals surface area (Å²) in [6.07, 6.45) is 1.69. The molecule has 128 valence electrons. The maximum atomic E-state index is 12.5. The number of nitrogens with one attached hydrogen (secondary N) is 1. The first-order valence-electron chi connectivity index (χ1n) is 8.73. The summed E-state index contributed by atoms with van der Waals surface area (Å²) in [6.45, 7) is 9.62. The lowest BCUT2D eigenvalue weighted by Gasteiger charge is -2.26. The number of aryl methyl sites for hydroxylation is 1. The molecule has 1 aliphatic heterocycles. The third kappa shape index (κ3) is 4.55. The van der Waals surface area contributed by atoms with Crippen LogP contribution in [-0.2, 0) is 11.2 Å². The zero-order valence-electron chi connectivity index (χ0n) is 14.7. The fourth-order valence-corrected chi connectivity index (χ4v) is 3.19. The van der Waals surface area contributed by atoms with E-state index >= 15 is 0 Å². The van der Waals surface area contributed by atoms with Crippen molar-refractivity contribution >= 4 is 5.91 Å². The van der Waals surface area contributed by atoms with Crippen molar-refractivity contribution in [3.63, 3.8) is 0 Å². The average Bonchev–Trinajstić information content (AvgIpc) is 3.04. The number of hydrogen-bond acceptors (Lipinski definition) is 3. The molecule has 23 heavy (non-hydrogen) atoms. The van der Waals surface area contributed by atoms with Gasteiger partial charge in [-0.2, -0.15) is 0 Å². The van der Waals surface area contributed by atoms with Gasteiger partial charge in [0.2, 0.25) is 5.91 Å². The van der Waals surface area contributed by atoms with Crippen LogP contribution in [0.3, 0.4) is 0 Å². The Labute approximate surface area is 139 Å². The maximum Gasteiger partial charge on any atom is 0.237 e. The molecule has 1 heterocycles. The Balaban J connectivity index is 1.90. The minimum Gasteiger partial charge on any atom is -0.393 e. The summed E-state index contributed by atoms with van der Waals surface area (Å²) in [4.78, 5) is 14.7. The fraction of sp³-hybridized carbons (Fsp3) is 0.632. The van der Waals surface area contributed by atoms with Gasteiger partial charge in [0.15, 0.2) is 0 Å². The molecule has 0 aliphatic carbocycles. The molecule has 1 amide bonds. The fourth-order valence-electron chi connectivity index (χ4n) is 3.19. The van der Waals surface area contributed by atoms with Crippen LogP contribution in [0.25, 0.3) is 0 Å². The molecule has 4 atom stereocenters. The zero-order chi connectivity index (χ0) is 17.0. The summed E-state index contributed by atoms with van der Waals surface area (Å²) in [5.74, 6) is 0.340. The number of likely N-dealkylation sites (tertiary alicyclic amines) is 1. The SMILES string of the molecule is CCc1ccc(C(C)NC(=O)C(C)N2CCC(C(C)O)C2)cc1. The van der Waals surface area contributed by atoms with Crippen molar-refractivity contribution in [3.8, 4) is 0 Å². The number of aliphatic hydroxyl groups is 1. The molecule has 0 aromatic heterocycles. The molecule has 0 radical (unpaired) electrons. The highest BCUT2D eigenvalue weighted by Gasteiger charge is 2.31. The largest absolute Gasteiger partial charge is 0.393 e. The van der Waals surface area contributed by atoms with Gasteiger partial charge in [0.1, 0.15) is 0 Å². The number of nitrogens with zero attached hydrogens (tertiary/aromatic N) is 1. The van der Waals surface area contributed by atoms with Crippen molar-refractivity contribution < 1.29 is 9.90 Å². The Kier molecular flexibility index (Phi) is 6.19. The Morgan fingerprint density at radius 2 is 1.96 bits per heavy atom. The van der Waals surface area contributed by atoms with Gasteiger partial charge in [-0.1, -0.05) is 31.2 Å². The molecule has 2 rings (SSSR count). The van der Waals surface area contributed by atoms with Crippen LogP contribution in [0.15, 0.2) is 24.3 Å². The summed E-state index contributed by atoms with van der Waals surface area (Å²) >= 11 is 0. The van der Waals surface area contributed by atoms with Gasteiger partial charge in [-0.3, -0.25) is 9.69 Å². The van der Waals surface area contributed by atoms with Gasteiger partial charge in [0.05, 0.1) is 18.2 Å². The Morgan fingerprint density at radius 3 is 2.48 bits per heavy atom. The monoisotopic (exact) mass is 318 g/mol. The topological polar surface area (TPSA) is 52.6 Å². The Hall–Kier alpha value is -1.39. The molecular weight excluding hydrogens is 288 g/mol. The second-order valence-corrected chi connectivity index (χ2v) is 6.79. The number of benzene rings is 1.